The molecule has 3 aromatic rings. The number of aromatic nitrogens is 4. The number of anilines is 1. The number of aryl methyl sites for hydroxylation is 2. The first-order chi connectivity index (χ1) is 13.6. The minimum Gasteiger partial charge on any atom is -0.479 e. The molecule has 2 amide bonds. The molecular formula is C19H22N6O3. The van der Waals surface area contributed by atoms with E-state index >= 15 is 0 Å². The SMILES string of the molecule is COc1nn(C)cc1C(=O)Nc1ccc(C(=O)NCCCn2ccnc2)cc1. The molecule has 0 saturated heterocycles. The lowest BCUT2D eigenvalue weighted by molar-refractivity contribution is 0.0952. The normalized spacial score (nSPS) is 10.5. The first-order valence-corrected chi connectivity index (χ1v) is 8.80. The van der Waals surface area contributed by atoms with Crippen molar-refractivity contribution in [3.8, 4) is 5.88 Å². The number of hydrogen-bond donors (Lipinski definition) is 2. The summed E-state index contributed by atoms with van der Waals surface area (Å²) in [5.41, 5.74) is 1.44. The number of rotatable bonds is 8. The molecule has 28 heavy (non-hydrogen) atoms. The Labute approximate surface area is 162 Å². The summed E-state index contributed by atoms with van der Waals surface area (Å²) < 4.78 is 8.56. The molecular weight excluding hydrogens is 360 g/mol. The van der Waals surface area contributed by atoms with Crippen LogP contribution < -0.4 is 15.4 Å². The molecule has 0 aliphatic carbocycles. The van der Waals surface area contributed by atoms with Gasteiger partial charge in [-0.2, -0.15) is 0 Å². The van der Waals surface area contributed by atoms with Crippen molar-refractivity contribution in [2.45, 2.75) is 13.0 Å². The van der Waals surface area contributed by atoms with Gasteiger partial charge >= 0.3 is 0 Å². The highest BCUT2D eigenvalue weighted by Crippen LogP contribution is 2.17. The van der Waals surface area contributed by atoms with Crippen molar-refractivity contribution in [2.24, 2.45) is 7.05 Å². The number of ether oxygens (including phenoxy) is 1. The molecule has 9 nitrogen and oxygen atoms in total. The van der Waals surface area contributed by atoms with E-state index in [2.05, 4.69) is 20.7 Å². The predicted molar refractivity (Wildman–Crippen MR) is 103 cm³/mol. The molecule has 0 bridgehead atoms. The fraction of sp³-hybridized carbons (Fsp3) is 0.263. The van der Waals surface area contributed by atoms with Crippen molar-refractivity contribution in [3.63, 3.8) is 0 Å². The summed E-state index contributed by atoms with van der Waals surface area (Å²) in [5, 5.41) is 9.70. The average molecular weight is 382 g/mol. The van der Waals surface area contributed by atoms with Gasteiger partial charge in [0.1, 0.15) is 5.56 Å². The molecule has 0 saturated carbocycles. The Morgan fingerprint density at radius 1 is 1.18 bits per heavy atom. The van der Waals surface area contributed by atoms with Gasteiger partial charge in [-0.3, -0.25) is 14.3 Å². The van der Waals surface area contributed by atoms with E-state index in [0.717, 1.165) is 13.0 Å². The Morgan fingerprint density at radius 2 is 1.96 bits per heavy atom. The maximum atomic E-state index is 12.4. The van der Waals surface area contributed by atoms with Gasteiger partial charge < -0.3 is 19.9 Å². The topological polar surface area (TPSA) is 103 Å². The average Bonchev–Trinajstić information content (AvgIpc) is 3.35. The quantitative estimate of drug-likeness (QED) is 0.577. The van der Waals surface area contributed by atoms with Crippen LogP contribution in [0.3, 0.4) is 0 Å². The van der Waals surface area contributed by atoms with Gasteiger partial charge in [0.05, 0.1) is 13.4 Å². The van der Waals surface area contributed by atoms with Crippen molar-refractivity contribution in [1.82, 2.24) is 24.6 Å². The van der Waals surface area contributed by atoms with Crippen LogP contribution in [-0.2, 0) is 13.6 Å². The third kappa shape index (κ3) is 4.76. The highest BCUT2D eigenvalue weighted by Gasteiger charge is 2.16. The van der Waals surface area contributed by atoms with Crippen LogP contribution in [0.5, 0.6) is 5.88 Å². The Kier molecular flexibility index (Phi) is 6.05. The third-order valence-corrected chi connectivity index (χ3v) is 4.08. The van der Waals surface area contributed by atoms with Gasteiger partial charge in [0.2, 0.25) is 5.88 Å². The number of nitrogens with zero attached hydrogens (tertiary/aromatic N) is 4. The van der Waals surface area contributed by atoms with Gasteiger partial charge in [-0.25, -0.2) is 4.98 Å². The number of amides is 2. The van der Waals surface area contributed by atoms with Crippen LogP contribution in [0.25, 0.3) is 0 Å². The molecule has 0 atom stereocenters. The Morgan fingerprint density at radius 3 is 2.64 bits per heavy atom. The molecule has 3 rings (SSSR count). The van der Waals surface area contributed by atoms with E-state index in [1.807, 2.05) is 10.8 Å². The number of nitrogens with one attached hydrogen (secondary N) is 2. The van der Waals surface area contributed by atoms with Gasteiger partial charge in [0, 0.05) is 50.0 Å². The van der Waals surface area contributed by atoms with Crippen molar-refractivity contribution in [1.29, 1.82) is 0 Å². The molecule has 0 aliphatic heterocycles. The maximum absolute atomic E-state index is 12.4. The van der Waals surface area contributed by atoms with Crippen LogP contribution in [0.2, 0.25) is 0 Å². The first-order valence-electron chi connectivity index (χ1n) is 8.80. The second-order valence-corrected chi connectivity index (χ2v) is 6.17. The Balaban J connectivity index is 1.51. The highest BCUT2D eigenvalue weighted by atomic mass is 16.5. The molecule has 0 radical (unpaired) electrons. The fourth-order valence-electron chi connectivity index (χ4n) is 2.66. The van der Waals surface area contributed by atoms with Crippen LogP contribution in [0, 0.1) is 0 Å². The lowest BCUT2D eigenvalue weighted by Crippen LogP contribution is -2.25. The van der Waals surface area contributed by atoms with Gasteiger partial charge in [0.25, 0.3) is 11.8 Å². The number of carbonyl (C=O) groups is 2. The lowest BCUT2D eigenvalue weighted by atomic mass is 10.2. The molecule has 2 aromatic heterocycles. The summed E-state index contributed by atoms with van der Waals surface area (Å²) in [7, 11) is 3.17. The minimum atomic E-state index is -0.332. The molecule has 146 valence electrons. The summed E-state index contributed by atoms with van der Waals surface area (Å²) in [5.74, 6) is -0.231. The minimum absolute atomic E-state index is 0.155. The second kappa shape index (κ2) is 8.85. The predicted octanol–water partition coefficient (Wildman–Crippen LogP) is 1.70. The van der Waals surface area contributed by atoms with Crippen molar-refractivity contribution < 1.29 is 14.3 Å². The van der Waals surface area contributed by atoms with Gasteiger partial charge in [-0.05, 0) is 30.7 Å². The lowest BCUT2D eigenvalue weighted by Gasteiger charge is -2.08. The van der Waals surface area contributed by atoms with Crippen LogP contribution in [0.4, 0.5) is 5.69 Å². The molecule has 9 heteroatoms. The van der Waals surface area contributed by atoms with Crippen molar-refractivity contribution >= 4 is 17.5 Å². The van der Waals surface area contributed by atoms with Crippen LogP contribution in [-0.4, -0.2) is 44.8 Å². The molecule has 2 N–H and O–H groups in total. The molecule has 0 spiro atoms. The van der Waals surface area contributed by atoms with Gasteiger partial charge in [-0.1, -0.05) is 0 Å². The smallest absolute Gasteiger partial charge is 0.262 e. The van der Waals surface area contributed by atoms with E-state index in [1.165, 1.54) is 11.8 Å². The zero-order valence-corrected chi connectivity index (χ0v) is 15.8. The van der Waals surface area contributed by atoms with Gasteiger partial charge in [0.15, 0.2) is 0 Å². The molecule has 2 heterocycles. The molecule has 1 aromatic carbocycles. The third-order valence-electron chi connectivity index (χ3n) is 4.08. The largest absolute Gasteiger partial charge is 0.479 e. The fourth-order valence-corrected chi connectivity index (χ4v) is 2.66. The zero-order valence-electron chi connectivity index (χ0n) is 15.8. The Bertz CT molecular complexity index is 931. The second-order valence-electron chi connectivity index (χ2n) is 6.17. The van der Waals surface area contributed by atoms with Crippen LogP contribution in [0.1, 0.15) is 27.1 Å². The van der Waals surface area contributed by atoms with E-state index < -0.39 is 0 Å². The van der Waals surface area contributed by atoms with Gasteiger partial charge in [-0.15, -0.1) is 5.10 Å². The number of imidazole rings is 1. The first kappa shape index (κ1) is 19.2. The van der Waals surface area contributed by atoms with E-state index in [-0.39, 0.29) is 17.7 Å². The van der Waals surface area contributed by atoms with Crippen LogP contribution in [0.15, 0.2) is 49.2 Å². The summed E-state index contributed by atoms with van der Waals surface area (Å²) in [6.07, 6.45) is 7.75. The number of carbonyl (C=O) groups excluding carboxylic acids is 2. The number of benzene rings is 1. The summed E-state index contributed by atoms with van der Waals surface area (Å²) in [6, 6.07) is 6.70. The van der Waals surface area contributed by atoms with Crippen LogP contribution >= 0.6 is 0 Å². The Hall–Kier alpha value is -3.62. The van der Waals surface area contributed by atoms with E-state index in [1.54, 1.807) is 50.0 Å². The molecule has 0 aliphatic rings. The standard InChI is InChI=1S/C19H22N6O3/c1-24-12-16(19(23-24)28-2)18(27)22-15-6-4-14(5-7-15)17(26)21-8-3-10-25-11-9-20-13-25/h4-7,9,11-13H,3,8,10H2,1-2H3,(H,21,26)(H,22,27). The van der Waals surface area contributed by atoms with Crippen molar-refractivity contribution in [3.05, 3.63) is 60.3 Å². The monoisotopic (exact) mass is 382 g/mol. The summed E-state index contributed by atoms with van der Waals surface area (Å²) in [6.45, 7) is 1.36. The summed E-state index contributed by atoms with van der Waals surface area (Å²) in [4.78, 5) is 28.5. The summed E-state index contributed by atoms with van der Waals surface area (Å²) >= 11 is 0. The number of hydrogen-bond acceptors (Lipinski definition) is 5. The number of methoxy groups -OCH3 is 1. The zero-order chi connectivity index (χ0) is 19.9. The molecule has 0 unspecified atom stereocenters. The molecule has 0 fully saturated rings. The van der Waals surface area contributed by atoms with E-state index in [4.69, 9.17) is 4.74 Å². The van der Waals surface area contributed by atoms with E-state index in [9.17, 15) is 9.59 Å². The highest BCUT2D eigenvalue weighted by molar-refractivity contribution is 6.06. The van der Waals surface area contributed by atoms with E-state index in [0.29, 0.717) is 23.4 Å². The maximum Gasteiger partial charge on any atom is 0.262 e. The van der Waals surface area contributed by atoms with Crippen molar-refractivity contribution in [2.75, 3.05) is 19.0 Å².